The second-order valence-corrected chi connectivity index (χ2v) is 4.60. The van der Waals surface area contributed by atoms with Gasteiger partial charge in [-0.1, -0.05) is 13.3 Å². The summed E-state index contributed by atoms with van der Waals surface area (Å²) >= 11 is 0. The molecule has 18 heavy (non-hydrogen) atoms. The van der Waals surface area contributed by atoms with Crippen molar-refractivity contribution in [2.24, 2.45) is 0 Å². The van der Waals surface area contributed by atoms with Gasteiger partial charge in [0.2, 0.25) is 0 Å². The summed E-state index contributed by atoms with van der Waals surface area (Å²) in [5.74, 6) is -0.860. The third kappa shape index (κ3) is 1.90. The zero-order valence-corrected chi connectivity index (χ0v) is 11.2. The molecule has 0 saturated heterocycles. The highest BCUT2D eigenvalue weighted by Gasteiger charge is 2.14. The molecule has 0 saturated carbocycles. The van der Waals surface area contributed by atoms with Crippen LogP contribution >= 0.6 is 0 Å². The van der Waals surface area contributed by atoms with E-state index in [0.717, 1.165) is 30.3 Å². The van der Waals surface area contributed by atoms with Crippen LogP contribution < -0.4 is 0 Å². The minimum atomic E-state index is -0.860. The molecule has 0 aliphatic rings. The summed E-state index contributed by atoms with van der Waals surface area (Å²) in [6.45, 7) is 7.30. The topological polar surface area (TPSA) is 42.2 Å². The molecule has 0 aliphatic heterocycles. The number of nitrogens with zero attached hydrogens (tertiary/aromatic N) is 1. The number of carboxylic acids is 1. The van der Waals surface area contributed by atoms with Crippen molar-refractivity contribution in [2.75, 3.05) is 0 Å². The van der Waals surface area contributed by atoms with Crippen molar-refractivity contribution in [2.45, 2.75) is 40.2 Å². The van der Waals surface area contributed by atoms with Gasteiger partial charge in [-0.05, 0) is 44.0 Å². The molecule has 0 bridgehead atoms. The SMILES string of the molecule is CCCc1c(C)n(CC)c2ccc(C(=O)O)cc12. The van der Waals surface area contributed by atoms with E-state index in [9.17, 15) is 4.79 Å². The Balaban J connectivity index is 2.74. The van der Waals surface area contributed by atoms with Crippen LogP contribution in [0.15, 0.2) is 18.2 Å². The van der Waals surface area contributed by atoms with Crippen LogP contribution in [0.5, 0.6) is 0 Å². The van der Waals surface area contributed by atoms with Crippen LogP contribution in [0.3, 0.4) is 0 Å². The minimum absolute atomic E-state index is 0.369. The number of rotatable bonds is 4. The summed E-state index contributed by atoms with van der Waals surface area (Å²) in [5, 5.41) is 10.2. The van der Waals surface area contributed by atoms with E-state index in [4.69, 9.17) is 5.11 Å². The average Bonchev–Trinajstić information content (AvgIpc) is 2.62. The molecule has 1 heterocycles. The molecule has 0 radical (unpaired) electrons. The van der Waals surface area contributed by atoms with Gasteiger partial charge in [0.15, 0.2) is 0 Å². The third-order valence-electron chi connectivity index (χ3n) is 3.52. The first-order valence-corrected chi connectivity index (χ1v) is 6.45. The van der Waals surface area contributed by atoms with Crippen LogP contribution in [0.25, 0.3) is 10.9 Å². The van der Waals surface area contributed by atoms with Crippen molar-refractivity contribution in [3.8, 4) is 0 Å². The predicted molar refractivity (Wildman–Crippen MR) is 73.3 cm³/mol. The van der Waals surface area contributed by atoms with Gasteiger partial charge in [0.25, 0.3) is 0 Å². The molecule has 1 aromatic heterocycles. The average molecular weight is 245 g/mol. The van der Waals surface area contributed by atoms with Crippen molar-refractivity contribution in [3.05, 3.63) is 35.0 Å². The van der Waals surface area contributed by atoms with Gasteiger partial charge in [0, 0.05) is 23.1 Å². The maximum Gasteiger partial charge on any atom is 0.335 e. The molecule has 0 unspecified atom stereocenters. The number of benzene rings is 1. The van der Waals surface area contributed by atoms with Crippen molar-refractivity contribution in [1.82, 2.24) is 4.57 Å². The number of hydrogen-bond donors (Lipinski definition) is 1. The lowest BCUT2D eigenvalue weighted by atomic mass is 10.0. The molecule has 2 rings (SSSR count). The number of fused-ring (bicyclic) bond motifs is 1. The lowest BCUT2D eigenvalue weighted by molar-refractivity contribution is 0.0697. The monoisotopic (exact) mass is 245 g/mol. The standard InChI is InChI=1S/C15H19NO2/c1-4-6-12-10(3)16(5-2)14-8-7-11(15(17)18)9-13(12)14/h7-9H,4-6H2,1-3H3,(H,17,18). The van der Waals surface area contributed by atoms with Crippen LogP contribution in [0.4, 0.5) is 0 Å². The van der Waals surface area contributed by atoms with Crippen molar-refractivity contribution >= 4 is 16.9 Å². The molecule has 96 valence electrons. The molecule has 3 nitrogen and oxygen atoms in total. The maximum absolute atomic E-state index is 11.1. The number of carbonyl (C=O) groups is 1. The zero-order valence-electron chi connectivity index (χ0n) is 11.2. The number of carboxylic acid groups (broad SMARTS) is 1. The Bertz CT molecular complexity index is 596. The first-order chi connectivity index (χ1) is 8.60. The highest BCUT2D eigenvalue weighted by molar-refractivity contribution is 5.95. The molecule has 0 aliphatic carbocycles. The Morgan fingerprint density at radius 2 is 2.06 bits per heavy atom. The quantitative estimate of drug-likeness (QED) is 0.893. The fraction of sp³-hybridized carbons (Fsp3) is 0.400. The third-order valence-corrected chi connectivity index (χ3v) is 3.52. The number of aryl methyl sites for hydroxylation is 2. The van der Waals surface area contributed by atoms with Crippen molar-refractivity contribution in [1.29, 1.82) is 0 Å². The molecular formula is C15H19NO2. The van der Waals surface area contributed by atoms with Gasteiger partial charge in [-0.2, -0.15) is 0 Å². The molecular weight excluding hydrogens is 226 g/mol. The van der Waals surface area contributed by atoms with E-state index in [-0.39, 0.29) is 0 Å². The van der Waals surface area contributed by atoms with Gasteiger partial charge in [0.05, 0.1) is 5.56 Å². The van der Waals surface area contributed by atoms with Crippen LogP contribution in [-0.4, -0.2) is 15.6 Å². The van der Waals surface area contributed by atoms with Gasteiger partial charge in [0.1, 0.15) is 0 Å². The number of aromatic nitrogens is 1. The van der Waals surface area contributed by atoms with Crippen molar-refractivity contribution in [3.63, 3.8) is 0 Å². The second-order valence-electron chi connectivity index (χ2n) is 4.60. The largest absolute Gasteiger partial charge is 0.478 e. The van der Waals surface area contributed by atoms with Crippen LogP contribution in [0.2, 0.25) is 0 Å². The van der Waals surface area contributed by atoms with Crippen molar-refractivity contribution < 1.29 is 9.90 Å². The van der Waals surface area contributed by atoms with E-state index < -0.39 is 5.97 Å². The Morgan fingerprint density at radius 3 is 2.61 bits per heavy atom. The summed E-state index contributed by atoms with van der Waals surface area (Å²) in [7, 11) is 0. The fourth-order valence-corrected chi connectivity index (χ4v) is 2.66. The van der Waals surface area contributed by atoms with E-state index in [1.165, 1.54) is 11.3 Å². The summed E-state index contributed by atoms with van der Waals surface area (Å²) in [5.41, 5.74) is 4.06. The lowest BCUT2D eigenvalue weighted by Crippen LogP contribution is -1.98. The molecule has 1 aromatic carbocycles. The Hall–Kier alpha value is -1.77. The summed E-state index contributed by atoms with van der Waals surface area (Å²) in [6, 6.07) is 5.42. The van der Waals surface area contributed by atoms with E-state index in [2.05, 4.69) is 25.3 Å². The summed E-state index contributed by atoms with van der Waals surface area (Å²) in [4.78, 5) is 11.1. The Labute approximate surface area is 107 Å². The maximum atomic E-state index is 11.1. The molecule has 0 spiro atoms. The first kappa shape index (κ1) is 12.7. The Morgan fingerprint density at radius 1 is 1.33 bits per heavy atom. The van der Waals surface area contributed by atoms with Gasteiger partial charge in [-0.3, -0.25) is 0 Å². The van der Waals surface area contributed by atoms with E-state index in [1.54, 1.807) is 6.07 Å². The molecule has 0 fully saturated rings. The van der Waals surface area contributed by atoms with Gasteiger partial charge in [-0.25, -0.2) is 4.79 Å². The van der Waals surface area contributed by atoms with E-state index in [0.29, 0.717) is 5.56 Å². The minimum Gasteiger partial charge on any atom is -0.478 e. The van der Waals surface area contributed by atoms with Crippen LogP contribution in [-0.2, 0) is 13.0 Å². The smallest absolute Gasteiger partial charge is 0.335 e. The summed E-state index contributed by atoms with van der Waals surface area (Å²) < 4.78 is 2.26. The van der Waals surface area contributed by atoms with Gasteiger partial charge in [-0.15, -0.1) is 0 Å². The van der Waals surface area contributed by atoms with Gasteiger partial charge >= 0.3 is 5.97 Å². The number of hydrogen-bond acceptors (Lipinski definition) is 1. The van der Waals surface area contributed by atoms with Crippen LogP contribution in [0, 0.1) is 6.92 Å². The molecule has 0 atom stereocenters. The highest BCUT2D eigenvalue weighted by atomic mass is 16.4. The van der Waals surface area contributed by atoms with Gasteiger partial charge < -0.3 is 9.67 Å². The first-order valence-electron chi connectivity index (χ1n) is 6.45. The normalized spacial score (nSPS) is 11.1. The molecule has 3 heteroatoms. The van der Waals surface area contributed by atoms with Crippen LogP contribution in [0.1, 0.15) is 41.9 Å². The van der Waals surface area contributed by atoms with E-state index >= 15 is 0 Å². The number of aromatic carboxylic acids is 1. The Kier molecular flexibility index (Phi) is 3.41. The molecule has 1 N–H and O–H groups in total. The summed E-state index contributed by atoms with van der Waals surface area (Å²) in [6.07, 6.45) is 2.07. The fourth-order valence-electron chi connectivity index (χ4n) is 2.66. The van der Waals surface area contributed by atoms with E-state index in [1.807, 2.05) is 12.1 Å². The lowest BCUT2D eigenvalue weighted by Gasteiger charge is -2.04. The molecule has 2 aromatic rings. The zero-order chi connectivity index (χ0) is 13.3. The molecule has 0 amide bonds. The second kappa shape index (κ2) is 4.84. The predicted octanol–water partition coefficient (Wildman–Crippen LogP) is 3.62. The highest BCUT2D eigenvalue weighted by Crippen LogP contribution is 2.28.